The third kappa shape index (κ3) is 4.54. The van der Waals surface area contributed by atoms with Crippen LogP contribution in [0.4, 0.5) is 15.1 Å². The zero-order valence-corrected chi connectivity index (χ0v) is 17.1. The molecule has 27 heavy (non-hydrogen) atoms. The monoisotopic (exact) mass is 392 g/mol. The van der Waals surface area contributed by atoms with Gasteiger partial charge in [0.2, 0.25) is 0 Å². The minimum absolute atomic E-state index is 0.128. The van der Waals surface area contributed by atoms with E-state index in [0.29, 0.717) is 34.2 Å². The Bertz CT molecular complexity index is 842. The number of ketones is 1. The van der Waals surface area contributed by atoms with Gasteiger partial charge in [-0.15, -0.1) is 11.3 Å². The van der Waals surface area contributed by atoms with Crippen molar-refractivity contribution in [3.63, 3.8) is 0 Å². The lowest BCUT2D eigenvalue weighted by atomic mass is 10.1. The predicted molar refractivity (Wildman–Crippen MR) is 106 cm³/mol. The molecule has 3 rings (SSSR count). The lowest BCUT2D eigenvalue weighted by Gasteiger charge is -2.16. The highest BCUT2D eigenvalue weighted by Gasteiger charge is 2.29. The minimum Gasteiger partial charge on any atom is -0.344 e. The summed E-state index contributed by atoms with van der Waals surface area (Å²) in [5, 5.41) is 4.73. The SMILES string of the molecule is CC.CC(=O)c1sc(Nc2ccc(C)cc2F)c(C(=O)N2CCCO2)c1C. The highest BCUT2D eigenvalue weighted by Crippen LogP contribution is 2.37. The summed E-state index contributed by atoms with van der Waals surface area (Å²) in [4.78, 5) is 30.5. The molecule has 1 aliphatic heterocycles. The van der Waals surface area contributed by atoms with Crippen molar-refractivity contribution in [2.75, 3.05) is 18.5 Å². The largest absolute Gasteiger partial charge is 0.344 e. The average Bonchev–Trinajstić information content (AvgIpc) is 3.27. The summed E-state index contributed by atoms with van der Waals surface area (Å²) in [6.45, 7) is 9.98. The van der Waals surface area contributed by atoms with E-state index in [0.717, 1.165) is 23.3 Å². The Balaban J connectivity index is 0.00000126. The number of Topliss-reactive ketones (excluding diaryl/α,β-unsaturated/α-hetero) is 1. The maximum absolute atomic E-state index is 14.2. The predicted octanol–water partition coefficient (Wildman–Crippen LogP) is 5.25. The van der Waals surface area contributed by atoms with Crippen LogP contribution < -0.4 is 5.32 Å². The molecule has 1 amide bonds. The molecule has 1 fully saturated rings. The van der Waals surface area contributed by atoms with E-state index in [1.165, 1.54) is 18.1 Å². The fraction of sp³-hybridized carbons (Fsp3) is 0.400. The van der Waals surface area contributed by atoms with Crippen molar-refractivity contribution < 1.29 is 18.8 Å². The molecule has 0 bridgehead atoms. The van der Waals surface area contributed by atoms with Crippen molar-refractivity contribution in [3.8, 4) is 0 Å². The molecule has 2 aromatic rings. The number of nitrogens with zero attached hydrogens (tertiary/aromatic N) is 1. The van der Waals surface area contributed by atoms with Gasteiger partial charge in [-0.2, -0.15) is 0 Å². The quantitative estimate of drug-likeness (QED) is 0.722. The highest BCUT2D eigenvalue weighted by molar-refractivity contribution is 7.18. The van der Waals surface area contributed by atoms with Crippen molar-refractivity contribution in [2.45, 2.75) is 41.0 Å². The van der Waals surface area contributed by atoms with Crippen LogP contribution in [0.3, 0.4) is 0 Å². The third-order valence-electron chi connectivity index (χ3n) is 4.03. The van der Waals surface area contributed by atoms with Crippen molar-refractivity contribution in [1.29, 1.82) is 0 Å². The Morgan fingerprint density at radius 3 is 2.52 bits per heavy atom. The van der Waals surface area contributed by atoms with Crippen LogP contribution in [0.1, 0.15) is 58.3 Å². The van der Waals surface area contributed by atoms with Crippen LogP contribution in [0.5, 0.6) is 0 Å². The van der Waals surface area contributed by atoms with Crippen molar-refractivity contribution in [3.05, 3.63) is 45.6 Å². The molecule has 5 nitrogen and oxygen atoms in total. The molecule has 2 heterocycles. The molecule has 1 saturated heterocycles. The fourth-order valence-electron chi connectivity index (χ4n) is 2.77. The second-order valence-corrected chi connectivity index (χ2v) is 7.04. The van der Waals surface area contributed by atoms with Gasteiger partial charge in [0.1, 0.15) is 10.8 Å². The smallest absolute Gasteiger partial charge is 0.280 e. The van der Waals surface area contributed by atoms with E-state index < -0.39 is 5.82 Å². The van der Waals surface area contributed by atoms with Crippen LogP contribution in [0.25, 0.3) is 0 Å². The molecule has 7 heteroatoms. The van der Waals surface area contributed by atoms with Gasteiger partial charge in [0.25, 0.3) is 5.91 Å². The molecule has 0 radical (unpaired) electrons. The van der Waals surface area contributed by atoms with Gasteiger partial charge in [-0.25, -0.2) is 9.45 Å². The Hall–Kier alpha value is -2.25. The van der Waals surface area contributed by atoms with Gasteiger partial charge in [0.15, 0.2) is 5.78 Å². The standard InChI is InChI=1S/C18H19FN2O3S.C2H6/c1-10-5-6-14(13(19)9-10)20-17-15(11(2)16(25-17)12(3)22)18(23)21-7-4-8-24-21;1-2/h5-6,9,20H,4,7-8H2,1-3H3;1-2H3. The molecule has 0 spiro atoms. The van der Waals surface area contributed by atoms with Crippen LogP contribution in [0.15, 0.2) is 18.2 Å². The average molecular weight is 392 g/mol. The first-order chi connectivity index (χ1) is 12.9. The number of anilines is 2. The topological polar surface area (TPSA) is 58.6 Å². The molecule has 1 N–H and O–H groups in total. The zero-order valence-electron chi connectivity index (χ0n) is 16.3. The highest BCUT2D eigenvalue weighted by atomic mass is 32.1. The van der Waals surface area contributed by atoms with E-state index in [1.54, 1.807) is 26.0 Å². The fourth-order valence-corrected chi connectivity index (χ4v) is 3.88. The first-order valence-electron chi connectivity index (χ1n) is 9.00. The summed E-state index contributed by atoms with van der Waals surface area (Å²) in [5.74, 6) is -0.851. The van der Waals surface area contributed by atoms with Gasteiger partial charge < -0.3 is 5.32 Å². The Morgan fingerprint density at radius 2 is 1.96 bits per heavy atom. The van der Waals surface area contributed by atoms with E-state index in [4.69, 9.17) is 4.84 Å². The number of hydrogen-bond donors (Lipinski definition) is 1. The van der Waals surface area contributed by atoms with E-state index in [9.17, 15) is 14.0 Å². The number of halogens is 1. The number of amides is 1. The number of carbonyl (C=O) groups excluding carboxylic acids is 2. The maximum Gasteiger partial charge on any atom is 0.280 e. The summed E-state index contributed by atoms with van der Waals surface area (Å²) in [5.41, 5.74) is 2.01. The molecule has 1 aromatic heterocycles. The van der Waals surface area contributed by atoms with Crippen molar-refractivity contribution >= 4 is 33.7 Å². The first kappa shape index (κ1) is 21.1. The summed E-state index contributed by atoms with van der Waals surface area (Å²) in [7, 11) is 0. The van der Waals surface area contributed by atoms with Crippen molar-refractivity contribution in [1.82, 2.24) is 5.06 Å². The number of carbonyl (C=O) groups is 2. The van der Waals surface area contributed by atoms with Crippen LogP contribution in [-0.2, 0) is 4.84 Å². The Kier molecular flexibility index (Phi) is 7.10. The van der Waals surface area contributed by atoms with Gasteiger partial charge in [-0.3, -0.25) is 14.4 Å². The second-order valence-electron chi connectivity index (χ2n) is 6.02. The third-order valence-corrected chi connectivity index (χ3v) is 5.34. The molecular formula is C20H25FN2O3S. The molecule has 146 valence electrons. The van der Waals surface area contributed by atoms with E-state index in [1.807, 2.05) is 13.8 Å². The molecule has 0 saturated carbocycles. The zero-order chi connectivity index (χ0) is 20.1. The van der Waals surface area contributed by atoms with Gasteiger partial charge in [-0.05, 0) is 50.5 Å². The summed E-state index contributed by atoms with van der Waals surface area (Å²) < 4.78 is 14.2. The summed E-state index contributed by atoms with van der Waals surface area (Å²) >= 11 is 1.16. The second kappa shape index (κ2) is 9.10. The van der Waals surface area contributed by atoms with E-state index >= 15 is 0 Å². The Morgan fingerprint density at radius 1 is 1.26 bits per heavy atom. The first-order valence-corrected chi connectivity index (χ1v) is 9.82. The van der Waals surface area contributed by atoms with Crippen LogP contribution in [-0.4, -0.2) is 29.9 Å². The normalized spacial score (nSPS) is 13.2. The molecule has 0 aliphatic carbocycles. The minimum atomic E-state index is -0.411. The number of rotatable bonds is 4. The lowest BCUT2D eigenvalue weighted by Crippen LogP contribution is -2.27. The number of thiophene rings is 1. The van der Waals surface area contributed by atoms with Crippen LogP contribution in [0, 0.1) is 19.7 Å². The summed E-state index contributed by atoms with van der Waals surface area (Å²) in [6.07, 6.45) is 0.768. The molecular weight excluding hydrogens is 367 g/mol. The van der Waals surface area contributed by atoms with Gasteiger partial charge in [-0.1, -0.05) is 19.9 Å². The lowest BCUT2D eigenvalue weighted by molar-refractivity contribution is -0.0767. The van der Waals surface area contributed by atoms with Gasteiger partial charge in [0, 0.05) is 0 Å². The van der Waals surface area contributed by atoms with Crippen LogP contribution in [0.2, 0.25) is 0 Å². The summed E-state index contributed by atoms with van der Waals surface area (Å²) in [6, 6.07) is 4.82. The maximum atomic E-state index is 14.2. The number of hydrogen-bond acceptors (Lipinski definition) is 5. The molecule has 0 atom stereocenters. The number of hydroxylamine groups is 2. The van der Waals surface area contributed by atoms with E-state index in [2.05, 4.69) is 5.32 Å². The molecule has 1 aliphatic rings. The van der Waals surface area contributed by atoms with Crippen LogP contribution >= 0.6 is 11.3 Å². The molecule has 0 unspecified atom stereocenters. The number of benzene rings is 1. The molecule has 1 aromatic carbocycles. The number of aryl methyl sites for hydroxylation is 1. The Labute approximate surface area is 163 Å². The van der Waals surface area contributed by atoms with Gasteiger partial charge >= 0.3 is 0 Å². The van der Waals surface area contributed by atoms with Gasteiger partial charge in [0.05, 0.1) is 29.3 Å². The van der Waals surface area contributed by atoms with Crippen molar-refractivity contribution in [2.24, 2.45) is 0 Å². The number of nitrogens with one attached hydrogen (secondary N) is 1. The van der Waals surface area contributed by atoms with E-state index in [-0.39, 0.29) is 17.4 Å².